The number of halogens is 1. The number of hydrogen-bond donors (Lipinski definition) is 19. The zero-order valence-corrected chi connectivity index (χ0v) is 79.0. The second-order valence-corrected chi connectivity index (χ2v) is 39.0. The number of likely N-dealkylation sites (tertiary alicyclic amines) is 1. The number of fused-ring (bicyclic) bond motifs is 3. The van der Waals surface area contributed by atoms with Crippen molar-refractivity contribution in [3.05, 3.63) is 178 Å². The summed E-state index contributed by atoms with van der Waals surface area (Å²) in [7, 11) is 0. The summed E-state index contributed by atoms with van der Waals surface area (Å²) in [5.41, 5.74) is 15.1. The first-order valence-electron chi connectivity index (χ1n) is 46.7. The van der Waals surface area contributed by atoms with Gasteiger partial charge in [0, 0.05) is 123 Å². The predicted molar refractivity (Wildman–Crippen MR) is 516 cm³/mol. The fourth-order valence-electron chi connectivity index (χ4n) is 17.8. The number of carbonyl (C=O) groups excluding carboxylic acids is 14. The molecule has 37 nitrogen and oxygen atoms in total. The number of nitrogens with one attached hydrogen (secondary N) is 16. The van der Waals surface area contributed by atoms with E-state index in [1.807, 2.05) is 54.6 Å². The highest BCUT2D eigenvalue weighted by atomic mass is 35.5. The molecule has 6 saturated heterocycles. The molecule has 7 heterocycles. The van der Waals surface area contributed by atoms with Crippen LogP contribution in [-0.2, 0) is 101 Å². The summed E-state index contributed by atoms with van der Waals surface area (Å²) < 4.78 is 5.60. The van der Waals surface area contributed by atoms with E-state index in [1.54, 1.807) is 110 Å². The van der Waals surface area contributed by atoms with Gasteiger partial charge in [0.2, 0.25) is 70.9 Å². The van der Waals surface area contributed by atoms with E-state index in [-0.39, 0.29) is 148 Å². The Balaban J connectivity index is 0.801. The molecule has 16 atom stereocenters. The Bertz CT molecular complexity index is 5180. The predicted octanol–water partition coefficient (Wildman–Crippen LogP) is 2.78. The van der Waals surface area contributed by atoms with Gasteiger partial charge in [-0.15, -0.1) is 0 Å². The number of morpholine rings is 1. The maximum Gasteiger partial charge on any atom is 0.315 e. The Morgan fingerprint density at radius 3 is 1.56 bits per heavy atom. The lowest BCUT2D eigenvalue weighted by Crippen LogP contribution is -2.62. The first kappa shape index (κ1) is 103. The number of ether oxygens (including phenoxy) is 1. The van der Waals surface area contributed by atoms with Crippen LogP contribution in [-0.4, -0.2) is 261 Å². The molecule has 6 aliphatic rings. The van der Waals surface area contributed by atoms with Gasteiger partial charge < -0.3 is 106 Å². The molecular formula is C96H126ClN21O16S2. The van der Waals surface area contributed by atoms with E-state index in [0.29, 0.717) is 97.1 Å². The second-order valence-electron chi connectivity index (χ2n) is 36.0. The van der Waals surface area contributed by atoms with Gasteiger partial charge in [0.05, 0.1) is 44.0 Å². The zero-order valence-electron chi connectivity index (χ0n) is 76.7. The minimum Gasteiger partial charge on any atom is -0.394 e. The average molecular weight is 1930 g/mol. The van der Waals surface area contributed by atoms with Crippen LogP contribution >= 0.6 is 35.1 Å². The number of nitrogens with two attached hydrogens (primary N) is 2. The minimum absolute atomic E-state index is 0.00166. The maximum absolute atomic E-state index is 15.8. The molecule has 0 unspecified atom stereocenters. The first-order valence-corrected chi connectivity index (χ1v) is 49.2. The summed E-state index contributed by atoms with van der Waals surface area (Å²) in [5.74, 6) is -8.24. The molecule has 0 saturated carbocycles. The molecule has 0 radical (unpaired) electrons. The number of aromatic nitrogens is 1. The Hall–Kier alpha value is -12.2. The Labute approximate surface area is 803 Å². The Morgan fingerprint density at radius 1 is 0.529 bits per heavy atom. The lowest BCUT2D eigenvalue weighted by atomic mass is 9.99. The minimum atomic E-state index is -1.87. The number of rotatable bonds is 49. The molecule has 0 aliphatic carbocycles. The number of thioether (sulfide) groups is 2. The zero-order chi connectivity index (χ0) is 96.9. The molecule has 0 bridgehead atoms. The molecule has 6 aromatic rings. The van der Waals surface area contributed by atoms with Crippen molar-refractivity contribution in [2.45, 2.75) is 238 Å². The molecule has 136 heavy (non-hydrogen) atoms. The standard InChI is InChI=1S/C96H126ClN21O16S2/c1-55(2)43-68(85(123)106-67(16-11-37-102-94(99)100)93(131)118-38-12-17-77(118)92(130)103-56(3)84(98)122)107-87(125)71(47-59-29-34-66(35-30-59)104-80(120)20-8-6-18-78-82-75(53-135-78)113-95(132)115-82)109-89(127)72(45-57-22-24-60(25-23-57)51-117-39-41-134-42-40-117)111-91(129)74(52-119)112-90(128)73(49-62-13-10-36-101-50-62)110-88(126)70(46-58-27-32-65(97)33-28-58)108-86(124)69(48-61-26-31-63-14-4-5-15-64(63)44-61)105-81(121)21-9-7-19-79-83-76(54-136-79)114-96(133)116-83/h4-5,10,13-15,22-36,44,50,55-56,67-79,82-83,119H,6-9,11-12,16-21,37-43,45-49,51-54H2,1-3H3,(H2,98,122)(H,103,130)(H,104,120)(H,105,121)(H,106,123)(H,107,125)(H,108,124)(H,109,127)(H,110,126)(H,111,129)(H,112,128)(H4,99,100,102)(H2,113,115,132)(H2,114,116,133)/t56-,67+,68+,69-,70-,71-,72+,73-,74+,75+,76+,77+,78+,79+,82+,83+/m1/s1. The molecule has 6 aliphatic heterocycles. The number of nitrogens with zero attached hydrogens (tertiary/aromatic N) is 3. The number of urea groups is 2. The summed E-state index contributed by atoms with van der Waals surface area (Å²) in [6.07, 6.45) is 6.95. The van der Waals surface area contributed by atoms with Crippen LogP contribution in [0, 0.1) is 11.3 Å². The molecule has 12 rings (SSSR count). The van der Waals surface area contributed by atoms with Crippen molar-refractivity contribution in [2.24, 2.45) is 17.4 Å². The van der Waals surface area contributed by atoms with Crippen molar-refractivity contribution >= 4 is 140 Å². The smallest absolute Gasteiger partial charge is 0.315 e. The fraction of sp³-hybridized carbons (Fsp3) is 0.500. The normalized spacial score (nSPS) is 20.2. The van der Waals surface area contributed by atoms with Gasteiger partial charge in [-0.1, -0.05) is 135 Å². The number of anilines is 1. The summed E-state index contributed by atoms with van der Waals surface area (Å²) in [6.45, 7) is 7.17. The Morgan fingerprint density at radius 2 is 1.01 bits per heavy atom. The van der Waals surface area contributed by atoms with Crippen LogP contribution in [0.5, 0.6) is 0 Å². The van der Waals surface area contributed by atoms with Crippen LogP contribution in [0.15, 0.2) is 140 Å². The van der Waals surface area contributed by atoms with E-state index in [2.05, 4.69) is 89.6 Å². The molecule has 16 amide bonds. The fourth-order valence-corrected chi connectivity index (χ4v) is 21.0. The number of aliphatic hydroxyl groups is 1. The van der Waals surface area contributed by atoms with Crippen LogP contribution < -0.4 is 91.2 Å². The van der Waals surface area contributed by atoms with E-state index in [4.69, 9.17) is 33.2 Å². The first-order chi connectivity index (χ1) is 65.4. The van der Waals surface area contributed by atoms with Crippen LogP contribution in [0.4, 0.5) is 15.3 Å². The number of unbranched alkanes of at least 4 members (excludes halogenated alkanes) is 2. The van der Waals surface area contributed by atoms with Crippen molar-refractivity contribution in [1.82, 2.24) is 89.2 Å². The van der Waals surface area contributed by atoms with Gasteiger partial charge in [-0.05, 0) is 145 Å². The van der Waals surface area contributed by atoms with Gasteiger partial charge in [-0.3, -0.25) is 72.8 Å². The van der Waals surface area contributed by atoms with E-state index in [9.17, 15) is 38.7 Å². The topological polar surface area (TPSA) is 544 Å². The SMILES string of the molecule is CC(C)C[C@H](NC(=O)[C@@H](Cc1ccc(NC(=O)CCCC[C@@H]2SC[C@@H]3NC(=O)N[C@@H]32)cc1)NC(=O)[C@H](Cc1ccc(CN2CCOCC2)cc1)NC(=O)[C@H](CO)NC(=O)[C@@H](Cc1cccnc1)NC(=O)[C@@H](Cc1ccc(Cl)cc1)NC(=O)[C@@H](Cc1ccc2ccccc2c1)NC(=O)CCCC[C@@H]1SC[C@@H]2NC(=O)N[C@@H]21)C(=O)N[C@@H](CCCNC(=N)N)C(=O)N1CCC[C@H]1C(=O)N[C@H](C)C(N)=O. The van der Waals surface area contributed by atoms with Crippen molar-refractivity contribution in [3.8, 4) is 0 Å². The maximum atomic E-state index is 15.8. The number of carbonyl (C=O) groups is 14. The van der Waals surface area contributed by atoms with Crippen LogP contribution in [0.25, 0.3) is 10.8 Å². The third-order valence-electron chi connectivity index (χ3n) is 25.1. The highest BCUT2D eigenvalue weighted by molar-refractivity contribution is 8.00. The molecular weight excluding hydrogens is 1800 g/mol. The van der Waals surface area contributed by atoms with E-state index in [1.165, 1.54) is 24.2 Å². The number of aliphatic hydroxyl groups excluding tert-OH is 1. The highest BCUT2D eigenvalue weighted by Gasteiger charge is 2.46. The molecule has 5 aromatic carbocycles. The number of hydrogen-bond acceptors (Lipinski definition) is 21. The molecule has 21 N–H and O–H groups in total. The van der Waals surface area contributed by atoms with Gasteiger partial charge in [-0.25, -0.2) is 9.59 Å². The lowest BCUT2D eigenvalue weighted by Gasteiger charge is -2.31. The van der Waals surface area contributed by atoms with Crippen molar-refractivity contribution < 1.29 is 77.0 Å². The number of guanidine groups is 1. The third kappa shape index (κ3) is 30.7. The van der Waals surface area contributed by atoms with Crippen LogP contribution in [0.1, 0.15) is 138 Å². The number of primary amides is 1. The summed E-state index contributed by atoms with van der Waals surface area (Å²) in [6, 6.07) is 22.4. The Kier molecular flexibility index (Phi) is 38.2. The van der Waals surface area contributed by atoms with Crippen molar-refractivity contribution in [2.75, 3.05) is 62.8 Å². The summed E-state index contributed by atoms with van der Waals surface area (Å²) in [4.78, 5) is 208. The van der Waals surface area contributed by atoms with E-state index >= 15 is 33.6 Å². The van der Waals surface area contributed by atoms with Gasteiger partial charge in [-0.2, -0.15) is 23.5 Å². The third-order valence-corrected chi connectivity index (χ3v) is 28.4. The molecule has 0 spiro atoms. The van der Waals surface area contributed by atoms with Crippen LogP contribution in [0.3, 0.4) is 0 Å². The van der Waals surface area contributed by atoms with Crippen molar-refractivity contribution in [3.63, 3.8) is 0 Å². The van der Waals surface area contributed by atoms with E-state index in [0.717, 1.165) is 47.1 Å². The van der Waals surface area contributed by atoms with Gasteiger partial charge in [0.25, 0.3) is 0 Å². The highest BCUT2D eigenvalue weighted by Crippen LogP contribution is 2.35. The molecule has 40 heteroatoms. The van der Waals surface area contributed by atoms with Gasteiger partial charge in [0.1, 0.15) is 60.4 Å². The van der Waals surface area contributed by atoms with Gasteiger partial charge >= 0.3 is 12.1 Å². The number of amides is 16. The van der Waals surface area contributed by atoms with E-state index < -0.39 is 132 Å². The monoisotopic (exact) mass is 1930 g/mol. The summed E-state index contributed by atoms with van der Waals surface area (Å²) >= 11 is 9.94. The number of pyridine rings is 1. The lowest BCUT2D eigenvalue weighted by molar-refractivity contribution is -0.142. The number of benzene rings is 5. The molecule has 6 fully saturated rings. The second kappa shape index (κ2) is 50.6. The summed E-state index contributed by atoms with van der Waals surface area (Å²) in [5, 5.41) is 64.4. The largest absolute Gasteiger partial charge is 0.394 e. The van der Waals surface area contributed by atoms with Crippen LogP contribution in [0.2, 0.25) is 5.02 Å². The van der Waals surface area contributed by atoms with Crippen molar-refractivity contribution in [1.29, 1.82) is 5.41 Å². The molecule has 730 valence electrons. The van der Waals surface area contributed by atoms with Gasteiger partial charge in [0.15, 0.2) is 5.96 Å². The quantitative estimate of drug-likeness (QED) is 0.0113. The molecule has 1 aromatic heterocycles. The average Bonchev–Trinajstić information content (AvgIpc) is 1.66.